The van der Waals surface area contributed by atoms with E-state index in [1.165, 1.54) is 24.3 Å². The maximum atomic E-state index is 11.0. The molecule has 5 nitrogen and oxygen atoms in total. The lowest BCUT2D eigenvalue weighted by atomic mass is 10.1. The van der Waals surface area contributed by atoms with Crippen molar-refractivity contribution >= 4 is 47.9 Å². The monoisotopic (exact) mass is 385 g/mol. The Labute approximate surface area is 115 Å². The lowest BCUT2D eigenvalue weighted by molar-refractivity contribution is -0.136. The normalized spacial score (nSPS) is 15.2. The zero-order valence-electron chi connectivity index (χ0n) is 8.38. The van der Waals surface area contributed by atoms with E-state index in [4.69, 9.17) is 10.2 Å². The van der Waals surface area contributed by atoms with Crippen LogP contribution in [0.2, 0.25) is 0 Å². The fourth-order valence-corrected chi connectivity index (χ4v) is 2.49. The number of aliphatic carboxylic acids is 1. The molecule has 0 aromatic heterocycles. The van der Waals surface area contributed by atoms with Crippen LogP contribution in [0.15, 0.2) is 29.2 Å². The Morgan fingerprint density at radius 1 is 1.24 bits per heavy atom. The van der Waals surface area contributed by atoms with Crippen LogP contribution < -0.4 is 5.14 Å². The molecule has 1 aromatic rings. The average molecular weight is 387 g/mol. The van der Waals surface area contributed by atoms with Gasteiger partial charge in [-0.1, -0.05) is 44.0 Å². The van der Waals surface area contributed by atoms with E-state index < -0.39 is 25.6 Å². The average Bonchev–Trinajstić information content (AvgIpc) is 2.26. The molecule has 3 N–H and O–H groups in total. The number of hydrogen-bond acceptors (Lipinski definition) is 3. The number of carboxylic acid groups (broad SMARTS) is 1. The van der Waals surface area contributed by atoms with Crippen LogP contribution in [-0.4, -0.2) is 24.3 Å². The molecule has 0 aliphatic carbocycles. The second kappa shape index (κ2) is 5.47. The van der Waals surface area contributed by atoms with E-state index in [9.17, 15) is 13.2 Å². The minimum Gasteiger partial charge on any atom is -0.480 e. The number of alkyl halides is 2. The first-order chi connectivity index (χ1) is 7.73. The zero-order chi connectivity index (χ0) is 13.2. The molecular weight excluding hydrogens is 378 g/mol. The van der Waals surface area contributed by atoms with Crippen molar-refractivity contribution in [3.8, 4) is 0 Å². The van der Waals surface area contributed by atoms with Crippen molar-refractivity contribution < 1.29 is 18.3 Å². The highest BCUT2D eigenvalue weighted by Crippen LogP contribution is 2.31. The SMILES string of the molecule is NS(=O)(=O)c1ccc([C@H](Br)[C@H](Br)C(=O)O)cc1. The van der Waals surface area contributed by atoms with Gasteiger partial charge in [-0.25, -0.2) is 13.6 Å². The minimum absolute atomic E-state index is 0.0117. The number of sulfonamides is 1. The topological polar surface area (TPSA) is 97.5 Å². The standard InChI is InChI=1S/C9H9Br2NO4S/c10-7(8(11)9(13)14)5-1-3-6(4-2-5)17(12,15)16/h1-4,7-8H,(H,13,14)(H2,12,15,16)/t7-,8-/m0/s1. The van der Waals surface area contributed by atoms with Crippen molar-refractivity contribution in [1.82, 2.24) is 0 Å². The number of benzene rings is 1. The van der Waals surface area contributed by atoms with E-state index in [1.807, 2.05) is 0 Å². The van der Waals surface area contributed by atoms with Gasteiger partial charge in [0.1, 0.15) is 4.83 Å². The van der Waals surface area contributed by atoms with Gasteiger partial charge in [0.15, 0.2) is 0 Å². The van der Waals surface area contributed by atoms with Crippen molar-refractivity contribution in [2.45, 2.75) is 14.5 Å². The number of primary sulfonamides is 1. The highest BCUT2D eigenvalue weighted by molar-refractivity contribution is 9.12. The summed E-state index contributed by atoms with van der Waals surface area (Å²) in [6, 6.07) is 5.69. The van der Waals surface area contributed by atoms with Gasteiger partial charge in [0.05, 0.1) is 9.72 Å². The van der Waals surface area contributed by atoms with E-state index in [2.05, 4.69) is 31.9 Å². The van der Waals surface area contributed by atoms with Gasteiger partial charge in [0, 0.05) is 0 Å². The second-order valence-electron chi connectivity index (χ2n) is 3.26. The van der Waals surface area contributed by atoms with Crippen LogP contribution in [0.25, 0.3) is 0 Å². The number of nitrogens with two attached hydrogens (primary N) is 1. The number of carboxylic acids is 1. The summed E-state index contributed by atoms with van der Waals surface area (Å²) in [7, 11) is -3.73. The smallest absolute Gasteiger partial charge is 0.318 e. The quantitative estimate of drug-likeness (QED) is 0.768. The Kier molecular flexibility index (Phi) is 4.70. The van der Waals surface area contributed by atoms with E-state index in [-0.39, 0.29) is 4.90 Å². The molecule has 0 saturated carbocycles. The van der Waals surface area contributed by atoms with E-state index in [0.717, 1.165) is 0 Å². The summed E-state index contributed by atoms with van der Waals surface area (Å²) >= 11 is 6.23. The molecule has 0 unspecified atom stereocenters. The van der Waals surface area contributed by atoms with Crippen LogP contribution in [0.4, 0.5) is 0 Å². The highest BCUT2D eigenvalue weighted by Gasteiger charge is 2.24. The van der Waals surface area contributed by atoms with Crippen LogP contribution in [0.1, 0.15) is 10.4 Å². The van der Waals surface area contributed by atoms with Gasteiger partial charge in [-0.05, 0) is 17.7 Å². The molecule has 0 bridgehead atoms. The van der Waals surface area contributed by atoms with E-state index in [0.29, 0.717) is 5.56 Å². The molecule has 17 heavy (non-hydrogen) atoms. The van der Waals surface area contributed by atoms with Gasteiger partial charge in [-0.3, -0.25) is 4.79 Å². The molecular formula is C9H9Br2NO4S. The first-order valence-corrected chi connectivity index (χ1v) is 7.75. The van der Waals surface area contributed by atoms with Crippen LogP contribution in [0.5, 0.6) is 0 Å². The maximum Gasteiger partial charge on any atom is 0.318 e. The third kappa shape index (κ3) is 3.77. The third-order valence-electron chi connectivity index (χ3n) is 2.02. The first-order valence-electron chi connectivity index (χ1n) is 4.37. The summed E-state index contributed by atoms with van der Waals surface area (Å²) in [4.78, 5) is 9.47. The van der Waals surface area contributed by atoms with Crippen molar-refractivity contribution in [1.29, 1.82) is 0 Å². The minimum atomic E-state index is -3.73. The lowest BCUT2D eigenvalue weighted by Gasteiger charge is -2.13. The van der Waals surface area contributed by atoms with Gasteiger partial charge < -0.3 is 5.11 Å². The Hall–Kier alpha value is -0.440. The van der Waals surface area contributed by atoms with Crippen LogP contribution in [-0.2, 0) is 14.8 Å². The van der Waals surface area contributed by atoms with Crippen molar-refractivity contribution in [2.24, 2.45) is 5.14 Å². The molecule has 0 aliphatic heterocycles. The van der Waals surface area contributed by atoms with Gasteiger partial charge in [0.25, 0.3) is 0 Å². The summed E-state index contributed by atoms with van der Waals surface area (Å²) in [5.74, 6) is -1.01. The maximum absolute atomic E-state index is 11.0. The molecule has 0 fully saturated rings. The summed E-state index contributed by atoms with van der Waals surface area (Å²) in [5, 5.41) is 13.8. The molecule has 1 rings (SSSR count). The zero-order valence-corrected chi connectivity index (χ0v) is 12.4. The summed E-state index contributed by atoms with van der Waals surface area (Å²) in [5.41, 5.74) is 0.640. The Morgan fingerprint density at radius 2 is 1.71 bits per heavy atom. The predicted molar refractivity (Wildman–Crippen MR) is 69.8 cm³/mol. The lowest BCUT2D eigenvalue weighted by Crippen LogP contribution is -2.18. The molecule has 0 radical (unpaired) electrons. The highest BCUT2D eigenvalue weighted by atomic mass is 79.9. The molecule has 2 atom stereocenters. The van der Waals surface area contributed by atoms with E-state index in [1.54, 1.807) is 0 Å². The molecule has 0 spiro atoms. The molecule has 0 amide bonds. The Balaban J connectivity index is 2.99. The predicted octanol–water partition coefficient (Wildman–Crippen LogP) is 1.62. The van der Waals surface area contributed by atoms with Crippen molar-refractivity contribution in [3.05, 3.63) is 29.8 Å². The van der Waals surface area contributed by atoms with Crippen LogP contribution >= 0.6 is 31.9 Å². The molecule has 1 aromatic carbocycles. The van der Waals surface area contributed by atoms with Crippen LogP contribution in [0, 0.1) is 0 Å². The molecule has 0 saturated heterocycles. The summed E-state index contributed by atoms with van der Waals surface area (Å²) in [6.07, 6.45) is 0. The molecule has 8 heteroatoms. The first kappa shape index (κ1) is 14.6. The fraction of sp³-hybridized carbons (Fsp3) is 0.222. The summed E-state index contributed by atoms with van der Waals surface area (Å²) < 4.78 is 22.0. The van der Waals surface area contributed by atoms with Crippen LogP contribution in [0.3, 0.4) is 0 Å². The van der Waals surface area contributed by atoms with Gasteiger partial charge >= 0.3 is 5.97 Å². The second-order valence-corrected chi connectivity index (χ2v) is 6.79. The van der Waals surface area contributed by atoms with Crippen molar-refractivity contribution in [2.75, 3.05) is 0 Å². The van der Waals surface area contributed by atoms with Gasteiger partial charge in [-0.15, -0.1) is 0 Å². The Morgan fingerprint density at radius 3 is 2.06 bits per heavy atom. The van der Waals surface area contributed by atoms with Gasteiger partial charge in [-0.2, -0.15) is 0 Å². The molecule has 94 valence electrons. The van der Waals surface area contributed by atoms with Crippen molar-refractivity contribution in [3.63, 3.8) is 0 Å². The molecule has 0 heterocycles. The molecule has 0 aliphatic rings. The number of hydrogen-bond donors (Lipinski definition) is 2. The number of rotatable bonds is 4. The Bertz CT molecular complexity index is 514. The number of carbonyl (C=O) groups is 1. The van der Waals surface area contributed by atoms with E-state index >= 15 is 0 Å². The number of halogens is 2. The largest absolute Gasteiger partial charge is 0.480 e. The van der Waals surface area contributed by atoms with Gasteiger partial charge in [0.2, 0.25) is 10.0 Å². The fourth-order valence-electron chi connectivity index (χ4n) is 1.14. The summed E-state index contributed by atoms with van der Waals surface area (Å²) in [6.45, 7) is 0. The third-order valence-corrected chi connectivity index (χ3v) is 5.64.